The molecule has 0 aliphatic carbocycles. The Balaban J connectivity index is 2.90. The summed E-state index contributed by atoms with van der Waals surface area (Å²) in [6.07, 6.45) is -4.55. The number of hydrogen-bond donors (Lipinski definition) is 2. The number of hydrogen-bond acceptors (Lipinski definition) is 4. The van der Waals surface area contributed by atoms with Crippen LogP contribution in [0.3, 0.4) is 0 Å². The summed E-state index contributed by atoms with van der Waals surface area (Å²) in [7, 11) is 0. The quantitative estimate of drug-likeness (QED) is 0.899. The lowest BCUT2D eigenvalue weighted by Gasteiger charge is -2.06. The van der Waals surface area contributed by atoms with Crippen LogP contribution >= 0.6 is 27.3 Å². The van der Waals surface area contributed by atoms with E-state index in [1.807, 2.05) is 0 Å². The van der Waals surface area contributed by atoms with Gasteiger partial charge in [-0.2, -0.15) is 13.2 Å². The predicted molar refractivity (Wildman–Crippen MR) is 55.5 cm³/mol. The fourth-order valence-corrected chi connectivity index (χ4v) is 2.36. The van der Waals surface area contributed by atoms with Crippen molar-refractivity contribution in [2.45, 2.75) is 19.1 Å². The van der Waals surface area contributed by atoms with Gasteiger partial charge in [-0.25, -0.2) is 4.98 Å². The maximum Gasteiger partial charge on any atom is 0.435 e. The van der Waals surface area contributed by atoms with Gasteiger partial charge in [0.25, 0.3) is 0 Å². The highest BCUT2D eigenvalue weighted by atomic mass is 79.9. The first-order valence-electron chi connectivity index (χ1n) is 3.94. The first-order valence-corrected chi connectivity index (χ1v) is 5.55. The number of rotatable bonds is 3. The molecule has 0 saturated carbocycles. The third-order valence-corrected chi connectivity index (χ3v) is 3.20. The van der Waals surface area contributed by atoms with Crippen molar-refractivity contribution in [3.05, 3.63) is 9.48 Å². The topological polar surface area (TPSA) is 62.2 Å². The standard InChI is InChI=1S/C7H6BrF3N2O2S/c1-2(5(14)15)12-6-13-3(4(8)16-6)7(9,10)11/h2H,1H3,(H,12,13)(H,14,15)/t2-/m0/s1. The van der Waals surface area contributed by atoms with E-state index in [1.54, 1.807) is 0 Å². The number of nitrogens with zero attached hydrogens (tertiary/aromatic N) is 1. The molecule has 0 unspecified atom stereocenters. The average Bonchev–Trinajstić information content (AvgIpc) is 2.45. The third-order valence-electron chi connectivity index (χ3n) is 1.56. The van der Waals surface area contributed by atoms with Crippen LogP contribution in [0.4, 0.5) is 18.3 Å². The van der Waals surface area contributed by atoms with E-state index in [-0.39, 0.29) is 8.92 Å². The van der Waals surface area contributed by atoms with E-state index in [0.29, 0.717) is 11.3 Å². The summed E-state index contributed by atoms with van der Waals surface area (Å²) in [6.45, 7) is 1.31. The lowest BCUT2D eigenvalue weighted by Crippen LogP contribution is -2.25. The van der Waals surface area contributed by atoms with E-state index >= 15 is 0 Å². The number of carboxylic acid groups (broad SMARTS) is 1. The molecule has 90 valence electrons. The van der Waals surface area contributed by atoms with Crippen LogP contribution in [0, 0.1) is 0 Å². The predicted octanol–water partition coefficient (Wildman–Crippen LogP) is 2.81. The number of aromatic nitrogens is 1. The summed E-state index contributed by atoms with van der Waals surface area (Å²) in [5.74, 6) is -1.17. The monoisotopic (exact) mass is 318 g/mol. The SMILES string of the molecule is C[C@H](Nc1nc(C(F)(F)F)c(Br)s1)C(=O)O. The Morgan fingerprint density at radius 1 is 1.62 bits per heavy atom. The highest BCUT2D eigenvalue weighted by molar-refractivity contribution is 9.11. The van der Waals surface area contributed by atoms with Gasteiger partial charge in [0.1, 0.15) is 9.83 Å². The lowest BCUT2D eigenvalue weighted by atomic mass is 10.4. The van der Waals surface area contributed by atoms with Gasteiger partial charge in [-0.15, -0.1) is 0 Å². The van der Waals surface area contributed by atoms with Crippen LogP contribution in [0.25, 0.3) is 0 Å². The van der Waals surface area contributed by atoms with Crippen LogP contribution < -0.4 is 5.32 Å². The fraction of sp³-hybridized carbons (Fsp3) is 0.429. The maximum absolute atomic E-state index is 12.3. The van der Waals surface area contributed by atoms with Crippen LogP contribution in [0.2, 0.25) is 0 Å². The van der Waals surface area contributed by atoms with Gasteiger partial charge in [0, 0.05) is 0 Å². The minimum absolute atomic E-state index is 0.0888. The maximum atomic E-state index is 12.3. The first kappa shape index (κ1) is 13.2. The number of thiazole rings is 1. The molecule has 2 N–H and O–H groups in total. The number of nitrogens with one attached hydrogen (secondary N) is 1. The molecule has 9 heteroatoms. The molecule has 0 spiro atoms. The first-order chi connectivity index (χ1) is 7.21. The van der Waals surface area contributed by atoms with Gasteiger partial charge in [-0.05, 0) is 22.9 Å². The number of aliphatic carboxylic acids is 1. The number of carbonyl (C=O) groups is 1. The van der Waals surface area contributed by atoms with Gasteiger partial charge in [-0.3, -0.25) is 4.79 Å². The Morgan fingerprint density at radius 2 is 2.19 bits per heavy atom. The minimum atomic E-state index is -4.55. The molecule has 16 heavy (non-hydrogen) atoms. The lowest BCUT2D eigenvalue weighted by molar-refractivity contribution is -0.141. The Kier molecular flexibility index (Phi) is 3.79. The second kappa shape index (κ2) is 4.58. The minimum Gasteiger partial charge on any atom is -0.480 e. The van der Waals surface area contributed by atoms with Crippen LogP contribution in [0.15, 0.2) is 3.79 Å². The Bertz CT molecular complexity index is 407. The van der Waals surface area contributed by atoms with Gasteiger partial charge < -0.3 is 10.4 Å². The van der Waals surface area contributed by atoms with Crippen LogP contribution in [-0.2, 0) is 11.0 Å². The van der Waals surface area contributed by atoms with Crippen LogP contribution in [-0.4, -0.2) is 22.1 Å². The smallest absolute Gasteiger partial charge is 0.435 e. The highest BCUT2D eigenvalue weighted by Crippen LogP contribution is 2.39. The van der Waals surface area contributed by atoms with E-state index in [2.05, 4.69) is 26.2 Å². The summed E-state index contributed by atoms with van der Waals surface area (Å²) >= 11 is 3.43. The Labute approximate surface area is 101 Å². The number of anilines is 1. The second-order valence-corrected chi connectivity index (χ2v) is 5.16. The number of carboxylic acids is 1. The van der Waals surface area contributed by atoms with Gasteiger partial charge in [0.05, 0.1) is 0 Å². The molecule has 0 radical (unpaired) electrons. The molecule has 4 nitrogen and oxygen atoms in total. The average molecular weight is 319 g/mol. The van der Waals surface area contributed by atoms with Crippen molar-refractivity contribution in [2.75, 3.05) is 5.32 Å². The number of alkyl halides is 3. The molecular formula is C7H6BrF3N2O2S. The van der Waals surface area contributed by atoms with Gasteiger partial charge in [0.2, 0.25) is 0 Å². The van der Waals surface area contributed by atoms with Crippen molar-refractivity contribution >= 4 is 38.4 Å². The molecule has 0 fully saturated rings. The second-order valence-electron chi connectivity index (χ2n) is 2.84. The molecule has 0 saturated heterocycles. The van der Waals surface area contributed by atoms with E-state index in [9.17, 15) is 18.0 Å². The summed E-state index contributed by atoms with van der Waals surface area (Å²) in [6, 6.07) is -1.00. The van der Waals surface area contributed by atoms with Gasteiger partial charge >= 0.3 is 12.1 Å². The Morgan fingerprint density at radius 3 is 2.56 bits per heavy atom. The molecule has 0 amide bonds. The van der Waals surface area contributed by atoms with Crippen molar-refractivity contribution in [2.24, 2.45) is 0 Å². The Hall–Kier alpha value is -0.830. The fourth-order valence-electron chi connectivity index (χ4n) is 0.785. The molecule has 0 aliphatic heterocycles. The van der Waals surface area contributed by atoms with Gasteiger partial charge in [-0.1, -0.05) is 11.3 Å². The number of halogens is 4. The molecule has 1 atom stereocenters. The molecule has 0 aromatic carbocycles. The normalized spacial score (nSPS) is 13.6. The van der Waals surface area contributed by atoms with E-state index < -0.39 is 23.9 Å². The molecular weight excluding hydrogens is 313 g/mol. The molecule has 0 aliphatic rings. The van der Waals surface area contributed by atoms with Crippen LogP contribution in [0.5, 0.6) is 0 Å². The third kappa shape index (κ3) is 3.08. The molecule has 1 heterocycles. The van der Waals surface area contributed by atoms with Crippen molar-refractivity contribution in [3.8, 4) is 0 Å². The van der Waals surface area contributed by atoms with Crippen molar-refractivity contribution in [3.63, 3.8) is 0 Å². The molecule has 1 aromatic heterocycles. The van der Waals surface area contributed by atoms with Gasteiger partial charge in [0.15, 0.2) is 10.8 Å². The molecule has 1 rings (SSSR count). The largest absolute Gasteiger partial charge is 0.480 e. The van der Waals surface area contributed by atoms with Crippen molar-refractivity contribution in [1.82, 2.24) is 4.98 Å². The summed E-state index contributed by atoms with van der Waals surface area (Å²) < 4.78 is 36.8. The van der Waals surface area contributed by atoms with E-state index in [0.717, 1.165) is 0 Å². The summed E-state index contributed by atoms with van der Waals surface area (Å²) in [5.41, 5.74) is -1.06. The van der Waals surface area contributed by atoms with Crippen LogP contribution in [0.1, 0.15) is 12.6 Å². The van der Waals surface area contributed by atoms with E-state index in [4.69, 9.17) is 5.11 Å². The summed E-state index contributed by atoms with van der Waals surface area (Å²) in [5, 5.41) is 10.8. The highest BCUT2D eigenvalue weighted by Gasteiger charge is 2.37. The molecule has 0 bridgehead atoms. The van der Waals surface area contributed by atoms with E-state index in [1.165, 1.54) is 6.92 Å². The van der Waals surface area contributed by atoms with Crippen molar-refractivity contribution < 1.29 is 23.1 Å². The summed E-state index contributed by atoms with van der Waals surface area (Å²) in [4.78, 5) is 13.7. The van der Waals surface area contributed by atoms with Crippen molar-refractivity contribution in [1.29, 1.82) is 0 Å². The molecule has 1 aromatic rings. The zero-order valence-corrected chi connectivity index (χ0v) is 10.2. The zero-order chi connectivity index (χ0) is 12.5. The zero-order valence-electron chi connectivity index (χ0n) is 7.80.